The summed E-state index contributed by atoms with van der Waals surface area (Å²) in [5.74, 6) is 2.44. The minimum absolute atomic E-state index is 0.00808. The number of rotatable bonds is 5. The molecule has 0 radical (unpaired) electrons. The predicted molar refractivity (Wildman–Crippen MR) is 267 cm³/mol. The van der Waals surface area contributed by atoms with Crippen molar-refractivity contribution in [2.75, 3.05) is 0 Å². The van der Waals surface area contributed by atoms with Gasteiger partial charge in [0.15, 0.2) is 40.3 Å². The van der Waals surface area contributed by atoms with Gasteiger partial charge >= 0.3 is 0 Å². The van der Waals surface area contributed by atoms with Gasteiger partial charge in [-0.25, -0.2) is 9.55 Å². The van der Waals surface area contributed by atoms with Gasteiger partial charge in [-0.2, -0.15) is 9.13 Å². The fourth-order valence-electron chi connectivity index (χ4n) is 11.4. The number of fused-ring (bicyclic) bond motifs is 17. The molecular weight excluding hydrogens is 813 g/mol. The van der Waals surface area contributed by atoms with Crippen molar-refractivity contribution in [1.82, 2.24) is 9.55 Å². The fourth-order valence-corrected chi connectivity index (χ4v) is 13.1. The Hall–Kier alpha value is -6.83. The number of hydrogen-bond acceptors (Lipinski definition) is 3. The van der Waals surface area contributed by atoms with Gasteiger partial charge in [0.1, 0.15) is 28.9 Å². The van der Waals surface area contributed by atoms with E-state index in [1.165, 1.54) is 49.8 Å². The second kappa shape index (κ2) is 14.9. The van der Waals surface area contributed by atoms with Gasteiger partial charge in [0, 0.05) is 34.5 Å². The van der Waals surface area contributed by atoms with Gasteiger partial charge in [-0.3, -0.25) is 0 Å². The van der Waals surface area contributed by atoms with E-state index < -0.39 is 8.07 Å². The molecule has 0 spiro atoms. The highest BCUT2D eigenvalue weighted by Gasteiger charge is 2.47. The Bertz CT molecular complexity index is 3550. The zero-order valence-corrected chi connectivity index (χ0v) is 39.2. The number of benzene rings is 6. The average Bonchev–Trinajstić information content (AvgIpc) is 3.98. The van der Waals surface area contributed by atoms with Gasteiger partial charge < -0.3 is 8.83 Å². The maximum Gasteiger partial charge on any atom is 0.299 e. The van der Waals surface area contributed by atoms with Crippen molar-refractivity contribution >= 4 is 57.3 Å². The summed E-state index contributed by atoms with van der Waals surface area (Å²) < 4.78 is 21.3. The van der Waals surface area contributed by atoms with Gasteiger partial charge in [-0.1, -0.05) is 131 Å². The van der Waals surface area contributed by atoms with E-state index in [9.17, 15) is 0 Å². The molecule has 6 heterocycles. The molecule has 0 N–H and O–H groups in total. The summed E-state index contributed by atoms with van der Waals surface area (Å²) in [5.41, 5.74) is 18.1. The van der Waals surface area contributed by atoms with E-state index in [1.54, 1.807) is 0 Å². The number of aryl methyl sites for hydroxylation is 2. The van der Waals surface area contributed by atoms with E-state index in [0.717, 1.165) is 80.4 Å². The molecule has 2 aliphatic heterocycles. The second-order valence-electron chi connectivity index (χ2n) is 19.9. The van der Waals surface area contributed by atoms with E-state index in [4.69, 9.17) is 20.4 Å². The third kappa shape index (κ3) is 6.30. The molecule has 2 aliphatic rings. The summed E-state index contributed by atoms with van der Waals surface area (Å²) in [6, 6.07) is 48.8. The number of pyridine rings is 1. The number of imidazole rings is 1. The van der Waals surface area contributed by atoms with Crippen LogP contribution in [0.4, 0.5) is 0 Å². The van der Waals surface area contributed by atoms with E-state index in [-0.39, 0.29) is 12.0 Å². The first kappa shape index (κ1) is 39.7. The summed E-state index contributed by atoms with van der Waals surface area (Å²) in [4.78, 5) is 4.88. The van der Waals surface area contributed by atoms with Crippen molar-refractivity contribution in [3.8, 4) is 39.5 Å². The maximum absolute atomic E-state index is 7.04. The van der Waals surface area contributed by atoms with Gasteiger partial charge in [-0.15, -0.1) is 0 Å². The first-order chi connectivity index (χ1) is 31.5. The van der Waals surface area contributed by atoms with Crippen molar-refractivity contribution < 1.29 is 18.0 Å². The molecule has 2 atom stereocenters. The van der Waals surface area contributed by atoms with Crippen LogP contribution in [0.25, 0.3) is 83.5 Å². The number of nitrogens with zero attached hydrogens (tertiary/aromatic N) is 4. The lowest BCUT2D eigenvalue weighted by Gasteiger charge is -2.34. The number of aromatic nitrogens is 4. The smallest absolute Gasteiger partial charge is 0.299 e. The molecule has 0 saturated heterocycles. The highest BCUT2D eigenvalue weighted by Crippen LogP contribution is 2.49. The van der Waals surface area contributed by atoms with Crippen LogP contribution in [0, 0.1) is 12.8 Å². The molecule has 6 aromatic carbocycles. The summed E-state index contributed by atoms with van der Waals surface area (Å²) in [6.45, 7) is 19.9. The Morgan fingerprint density at radius 1 is 0.785 bits per heavy atom. The molecular formula is C58H54N4O2Si+2. The zero-order chi connectivity index (χ0) is 44.3. The molecule has 0 amide bonds. The standard InChI is InChI=1S/C58H54N4O2Si/c1-35(2)31-41-32-50-54-44(29-30-47-57(54)63-37(4)59-47)45-27-23-40-24-28-46-43-17-11-14-20-51(43)64-56(46)53(40)58-61(33-36(3)55(45)60(50)34-52(41)65(5,6)7)48-18-12-13-19-49(48)62(58)42-25-21-39(22-26-42)38-15-9-8-10-16-38/h8-22,24-26,28-30,32,34-35,45,55H,3,23,27,31,33H2,1-2,4-7H3/q+2. The molecule has 4 aromatic heterocycles. The SMILES string of the molecule is C=C1C[n+]2c(n(-c3ccc(-c4ccccc4)cc3)c3ccccc32)-c2c(ccc3c2oc2ccccc23)CCC2c3ccc4nc(C)oc4c3-c3cc(CC(C)C)c([Si](C)(C)C)c[n+]3C12. The first-order valence-corrected chi connectivity index (χ1v) is 26.8. The lowest BCUT2D eigenvalue weighted by atomic mass is 9.76. The average molecular weight is 867 g/mol. The number of allylic oxidation sites excluding steroid dienone is 1. The quantitative estimate of drug-likeness (QED) is 0.0984. The van der Waals surface area contributed by atoms with Crippen LogP contribution in [0.1, 0.15) is 54.8 Å². The molecule has 6 nitrogen and oxygen atoms in total. The molecule has 320 valence electrons. The molecule has 10 aromatic rings. The van der Waals surface area contributed by atoms with Crippen molar-refractivity contribution in [2.24, 2.45) is 5.92 Å². The summed E-state index contributed by atoms with van der Waals surface area (Å²) in [7, 11) is -1.81. The molecule has 7 heteroatoms. The van der Waals surface area contributed by atoms with Crippen molar-refractivity contribution in [3.05, 3.63) is 174 Å². The van der Waals surface area contributed by atoms with Crippen molar-refractivity contribution in [3.63, 3.8) is 0 Å². The Labute approximate surface area is 381 Å². The fraction of sp³-hybridized carbons (Fsp3) is 0.224. The lowest BCUT2D eigenvalue weighted by molar-refractivity contribution is -0.718. The molecule has 0 fully saturated rings. The lowest BCUT2D eigenvalue weighted by Crippen LogP contribution is -2.55. The van der Waals surface area contributed by atoms with E-state index in [1.807, 2.05) is 6.92 Å². The van der Waals surface area contributed by atoms with E-state index in [0.29, 0.717) is 18.4 Å². The van der Waals surface area contributed by atoms with Crippen LogP contribution in [0.2, 0.25) is 19.6 Å². The molecule has 0 bridgehead atoms. The highest BCUT2D eigenvalue weighted by atomic mass is 28.3. The normalized spacial score (nSPS) is 16.2. The van der Waals surface area contributed by atoms with E-state index >= 15 is 0 Å². The second-order valence-corrected chi connectivity index (χ2v) is 25.0. The Kier molecular flexibility index (Phi) is 9.08. The monoisotopic (exact) mass is 866 g/mol. The van der Waals surface area contributed by atoms with Crippen LogP contribution < -0.4 is 14.3 Å². The minimum atomic E-state index is -1.81. The van der Waals surface area contributed by atoms with Gasteiger partial charge in [0.05, 0.1) is 19.6 Å². The molecule has 0 aliphatic carbocycles. The van der Waals surface area contributed by atoms with Gasteiger partial charge in [0.25, 0.3) is 5.82 Å². The Morgan fingerprint density at radius 2 is 1.54 bits per heavy atom. The summed E-state index contributed by atoms with van der Waals surface area (Å²) in [6.07, 6.45) is 5.32. The topological polar surface area (TPSA) is 51.9 Å². The van der Waals surface area contributed by atoms with Crippen LogP contribution >= 0.6 is 0 Å². The minimum Gasteiger partial charge on any atom is -0.455 e. The van der Waals surface area contributed by atoms with Crippen LogP contribution in [0.5, 0.6) is 0 Å². The highest BCUT2D eigenvalue weighted by molar-refractivity contribution is 6.89. The number of para-hydroxylation sites is 3. The third-order valence-electron chi connectivity index (χ3n) is 14.1. The Morgan fingerprint density at radius 3 is 2.34 bits per heavy atom. The zero-order valence-electron chi connectivity index (χ0n) is 38.2. The molecule has 12 rings (SSSR count). The first-order valence-electron chi connectivity index (χ1n) is 23.3. The predicted octanol–water partition coefficient (Wildman–Crippen LogP) is 13.1. The largest absolute Gasteiger partial charge is 0.455 e. The van der Waals surface area contributed by atoms with Crippen molar-refractivity contribution in [2.45, 2.75) is 78.2 Å². The summed E-state index contributed by atoms with van der Waals surface area (Å²) >= 11 is 0. The molecule has 65 heavy (non-hydrogen) atoms. The molecule has 0 saturated carbocycles. The van der Waals surface area contributed by atoms with Crippen LogP contribution in [0.3, 0.4) is 0 Å². The van der Waals surface area contributed by atoms with Crippen LogP contribution in [0.15, 0.2) is 161 Å². The van der Waals surface area contributed by atoms with Crippen LogP contribution in [-0.2, 0) is 19.4 Å². The number of hydrogen-bond donors (Lipinski definition) is 0. The molecule has 2 unspecified atom stereocenters. The van der Waals surface area contributed by atoms with Crippen molar-refractivity contribution in [1.29, 1.82) is 0 Å². The maximum atomic E-state index is 7.04. The third-order valence-corrected chi connectivity index (χ3v) is 16.2. The summed E-state index contributed by atoms with van der Waals surface area (Å²) in [5, 5.41) is 3.77. The number of oxazole rings is 1. The number of furan rings is 1. The van der Waals surface area contributed by atoms with Gasteiger partial charge in [0.2, 0.25) is 5.69 Å². The Balaban J connectivity index is 1.15. The van der Waals surface area contributed by atoms with E-state index in [2.05, 4.69) is 187 Å². The van der Waals surface area contributed by atoms with Crippen LogP contribution in [-0.4, -0.2) is 17.6 Å². The van der Waals surface area contributed by atoms with Gasteiger partial charge in [-0.05, 0) is 89.4 Å².